The second kappa shape index (κ2) is 4.49. The van der Waals surface area contributed by atoms with Crippen LogP contribution in [-0.2, 0) is 4.74 Å². The molecular formula is C10H17NO. The average Bonchev–Trinajstić information content (AvgIpc) is 2.47. The normalized spacial score (nSPS) is 29.2. The lowest BCUT2D eigenvalue weighted by atomic mass is 10.1. The lowest BCUT2D eigenvalue weighted by molar-refractivity contribution is 0.0845. The maximum absolute atomic E-state index is 5.47. The number of terminal acetylenes is 1. The van der Waals surface area contributed by atoms with Gasteiger partial charge < -0.3 is 4.74 Å². The number of ether oxygens (including phenoxy) is 1. The van der Waals surface area contributed by atoms with Crippen molar-refractivity contribution in [2.45, 2.75) is 31.9 Å². The van der Waals surface area contributed by atoms with Crippen LogP contribution < -0.4 is 0 Å². The van der Waals surface area contributed by atoms with E-state index in [1.165, 1.54) is 0 Å². The van der Waals surface area contributed by atoms with Gasteiger partial charge in [0.15, 0.2) is 0 Å². The predicted octanol–water partition coefficient (Wildman–Crippen LogP) is 1.12. The molecule has 1 saturated heterocycles. The zero-order valence-electron chi connectivity index (χ0n) is 7.92. The molecule has 0 saturated carbocycles. The Balaban J connectivity index is 2.31. The van der Waals surface area contributed by atoms with Crippen LogP contribution in [0.3, 0.4) is 0 Å². The zero-order chi connectivity index (χ0) is 8.97. The molecule has 0 N–H and O–H groups in total. The first-order chi connectivity index (χ1) is 5.75. The zero-order valence-corrected chi connectivity index (χ0v) is 7.92. The Labute approximate surface area is 74.9 Å². The van der Waals surface area contributed by atoms with Crippen molar-refractivity contribution in [3.63, 3.8) is 0 Å². The molecule has 1 aliphatic rings. The molecule has 1 rings (SSSR count). The highest BCUT2D eigenvalue weighted by molar-refractivity contribution is 4.87. The van der Waals surface area contributed by atoms with Gasteiger partial charge in [0, 0.05) is 25.6 Å². The summed E-state index contributed by atoms with van der Waals surface area (Å²) in [5, 5.41) is 0. The van der Waals surface area contributed by atoms with Crippen molar-refractivity contribution in [2.75, 3.05) is 20.2 Å². The third kappa shape index (κ3) is 2.23. The summed E-state index contributed by atoms with van der Waals surface area (Å²) in [7, 11) is 2.12. The summed E-state index contributed by atoms with van der Waals surface area (Å²) in [5.41, 5.74) is 0. The Morgan fingerprint density at radius 3 is 2.92 bits per heavy atom. The summed E-state index contributed by atoms with van der Waals surface area (Å²) in [5.74, 6) is 2.65. The van der Waals surface area contributed by atoms with Gasteiger partial charge in [-0.2, -0.15) is 0 Å². The van der Waals surface area contributed by atoms with Crippen LogP contribution in [0.2, 0.25) is 0 Å². The van der Waals surface area contributed by atoms with Crippen LogP contribution in [0.15, 0.2) is 0 Å². The lowest BCUT2D eigenvalue weighted by Gasteiger charge is -2.25. The molecule has 0 aromatic heterocycles. The van der Waals surface area contributed by atoms with E-state index in [0.29, 0.717) is 12.1 Å². The van der Waals surface area contributed by atoms with Crippen molar-refractivity contribution in [3.8, 4) is 12.3 Å². The van der Waals surface area contributed by atoms with Crippen LogP contribution in [0, 0.1) is 12.3 Å². The van der Waals surface area contributed by atoms with E-state index in [2.05, 4.69) is 24.8 Å². The Hall–Kier alpha value is -0.520. The highest BCUT2D eigenvalue weighted by atomic mass is 16.5. The highest BCUT2D eigenvalue weighted by Gasteiger charge is 2.26. The summed E-state index contributed by atoms with van der Waals surface area (Å²) in [4.78, 5) is 2.30. The van der Waals surface area contributed by atoms with Crippen LogP contribution >= 0.6 is 0 Å². The van der Waals surface area contributed by atoms with Gasteiger partial charge in [-0.3, -0.25) is 4.90 Å². The van der Waals surface area contributed by atoms with Gasteiger partial charge in [0.2, 0.25) is 0 Å². The molecule has 0 aromatic carbocycles. The summed E-state index contributed by atoms with van der Waals surface area (Å²) in [6.45, 7) is 4.01. The molecule has 0 aliphatic carbocycles. The molecule has 0 spiro atoms. The summed E-state index contributed by atoms with van der Waals surface area (Å²) in [6, 6.07) is 0.568. The summed E-state index contributed by atoms with van der Waals surface area (Å²) < 4.78 is 5.47. The van der Waals surface area contributed by atoms with Crippen LogP contribution in [0.5, 0.6) is 0 Å². The number of hydrogen-bond donors (Lipinski definition) is 0. The molecule has 68 valence electrons. The van der Waals surface area contributed by atoms with Gasteiger partial charge in [-0.1, -0.05) is 0 Å². The molecule has 0 amide bonds. The molecule has 2 heteroatoms. The van der Waals surface area contributed by atoms with E-state index in [-0.39, 0.29) is 0 Å². The monoisotopic (exact) mass is 167 g/mol. The molecule has 0 radical (unpaired) electrons. The molecule has 1 heterocycles. The largest absolute Gasteiger partial charge is 0.377 e. The maximum atomic E-state index is 5.47. The van der Waals surface area contributed by atoms with E-state index >= 15 is 0 Å². The van der Waals surface area contributed by atoms with Crippen molar-refractivity contribution < 1.29 is 4.74 Å². The standard InChI is InChI=1S/C10H17NO/c1-4-5-7-11(3)10-6-8-12-9(10)2/h1,9-10H,5-8H2,2-3H3. The van der Waals surface area contributed by atoms with Crippen molar-refractivity contribution in [1.82, 2.24) is 4.90 Å². The Kier molecular flexibility index (Phi) is 3.58. The van der Waals surface area contributed by atoms with Gasteiger partial charge in [-0.05, 0) is 20.4 Å². The number of hydrogen-bond acceptors (Lipinski definition) is 2. The Morgan fingerprint density at radius 1 is 1.67 bits per heavy atom. The second-order valence-electron chi connectivity index (χ2n) is 3.37. The molecule has 2 unspecified atom stereocenters. The molecule has 0 bridgehead atoms. The van der Waals surface area contributed by atoms with E-state index in [9.17, 15) is 0 Å². The van der Waals surface area contributed by atoms with Crippen LogP contribution in [0.25, 0.3) is 0 Å². The van der Waals surface area contributed by atoms with E-state index < -0.39 is 0 Å². The third-order valence-corrected chi connectivity index (χ3v) is 2.51. The lowest BCUT2D eigenvalue weighted by Crippen LogP contribution is -2.37. The van der Waals surface area contributed by atoms with Gasteiger partial charge >= 0.3 is 0 Å². The highest BCUT2D eigenvalue weighted by Crippen LogP contribution is 2.17. The molecular weight excluding hydrogens is 150 g/mol. The molecule has 12 heavy (non-hydrogen) atoms. The van der Waals surface area contributed by atoms with Gasteiger partial charge in [0.1, 0.15) is 0 Å². The number of likely N-dealkylation sites (N-methyl/N-ethyl adjacent to an activating group) is 1. The maximum Gasteiger partial charge on any atom is 0.0702 e. The smallest absolute Gasteiger partial charge is 0.0702 e. The first-order valence-corrected chi connectivity index (χ1v) is 4.51. The van der Waals surface area contributed by atoms with Crippen molar-refractivity contribution in [1.29, 1.82) is 0 Å². The fourth-order valence-corrected chi connectivity index (χ4v) is 1.71. The van der Waals surface area contributed by atoms with Crippen LogP contribution in [0.1, 0.15) is 19.8 Å². The van der Waals surface area contributed by atoms with Gasteiger partial charge in [-0.15, -0.1) is 12.3 Å². The molecule has 1 aliphatic heterocycles. The van der Waals surface area contributed by atoms with E-state index in [1.807, 2.05) is 0 Å². The van der Waals surface area contributed by atoms with Crippen LogP contribution in [0.4, 0.5) is 0 Å². The van der Waals surface area contributed by atoms with Gasteiger partial charge in [-0.25, -0.2) is 0 Å². The first kappa shape index (κ1) is 9.57. The molecule has 0 aromatic rings. The first-order valence-electron chi connectivity index (χ1n) is 4.51. The van der Waals surface area contributed by atoms with Crippen molar-refractivity contribution in [2.24, 2.45) is 0 Å². The number of rotatable bonds is 3. The predicted molar refractivity (Wildman–Crippen MR) is 49.9 cm³/mol. The summed E-state index contributed by atoms with van der Waals surface area (Å²) >= 11 is 0. The van der Waals surface area contributed by atoms with Crippen LogP contribution in [-0.4, -0.2) is 37.2 Å². The molecule has 2 nitrogen and oxygen atoms in total. The topological polar surface area (TPSA) is 12.5 Å². The van der Waals surface area contributed by atoms with E-state index in [1.54, 1.807) is 0 Å². The van der Waals surface area contributed by atoms with Crippen molar-refractivity contribution in [3.05, 3.63) is 0 Å². The Bertz CT molecular complexity index is 173. The fourth-order valence-electron chi connectivity index (χ4n) is 1.71. The number of nitrogens with zero attached hydrogens (tertiary/aromatic N) is 1. The van der Waals surface area contributed by atoms with E-state index in [4.69, 9.17) is 11.2 Å². The minimum atomic E-state index is 0.368. The SMILES string of the molecule is C#CCCN(C)C1CCOC1C. The van der Waals surface area contributed by atoms with Crippen molar-refractivity contribution >= 4 is 0 Å². The van der Waals surface area contributed by atoms with Gasteiger partial charge in [0.05, 0.1) is 6.10 Å². The Morgan fingerprint density at radius 2 is 2.42 bits per heavy atom. The van der Waals surface area contributed by atoms with Gasteiger partial charge in [0.25, 0.3) is 0 Å². The minimum absolute atomic E-state index is 0.368. The quantitative estimate of drug-likeness (QED) is 0.584. The average molecular weight is 167 g/mol. The molecule has 2 atom stereocenters. The fraction of sp³-hybridized carbons (Fsp3) is 0.800. The second-order valence-corrected chi connectivity index (χ2v) is 3.37. The van der Waals surface area contributed by atoms with E-state index in [0.717, 1.165) is 26.0 Å². The third-order valence-electron chi connectivity index (χ3n) is 2.51. The molecule has 1 fully saturated rings. The minimum Gasteiger partial charge on any atom is -0.377 e. The summed E-state index contributed by atoms with van der Waals surface area (Å²) in [6.07, 6.45) is 7.54.